The van der Waals surface area contributed by atoms with Crippen molar-refractivity contribution in [3.8, 4) is 0 Å². The lowest BCUT2D eigenvalue weighted by molar-refractivity contribution is -0.130. The molecular formula is C15H19N3O2. The van der Waals surface area contributed by atoms with Crippen molar-refractivity contribution in [1.82, 2.24) is 5.32 Å². The molecule has 2 heterocycles. The van der Waals surface area contributed by atoms with Gasteiger partial charge in [-0.15, -0.1) is 0 Å². The van der Waals surface area contributed by atoms with Gasteiger partial charge in [-0.3, -0.25) is 14.5 Å². The van der Waals surface area contributed by atoms with Gasteiger partial charge in [-0.2, -0.15) is 0 Å². The lowest BCUT2D eigenvalue weighted by Crippen LogP contribution is -2.57. The van der Waals surface area contributed by atoms with Crippen LogP contribution in [0.1, 0.15) is 19.8 Å². The lowest BCUT2D eigenvalue weighted by atomic mass is 10.1. The molecule has 1 aromatic rings. The van der Waals surface area contributed by atoms with E-state index in [4.69, 9.17) is 0 Å². The number of nitrogens with zero attached hydrogens (tertiary/aromatic N) is 2. The number of amides is 2. The van der Waals surface area contributed by atoms with E-state index < -0.39 is 6.04 Å². The zero-order chi connectivity index (χ0) is 14.1. The summed E-state index contributed by atoms with van der Waals surface area (Å²) in [6, 6.07) is 7.48. The molecule has 1 atom stereocenters. The van der Waals surface area contributed by atoms with Gasteiger partial charge in [0.1, 0.15) is 6.04 Å². The number of hydrogen-bond acceptors (Lipinski definition) is 3. The average Bonchev–Trinajstić information content (AvgIpc) is 2.98. The molecule has 106 valence electrons. The largest absolute Gasteiger partial charge is 0.372 e. The maximum atomic E-state index is 12.0. The van der Waals surface area contributed by atoms with Gasteiger partial charge in [0, 0.05) is 24.5 Å². The molecule has 2 fully saturated rings. The van der Waals surface area contributed by atoms with Crippen LogP contribution in [0.2, 0.25) is 0 Å². The van der Waals surface area contributed by atoms with E-state index in [-0.39, 0.29) is 18.4 Å². The zero-order valence-electron chi connectivity index (χ0n) is 11.6. The number of hydrogen-bond donors (Lipinski definition) is 1. The van der Waals surface area contributed by atoms with Gasteiger partial charge < -0.3 is 10.2 Å². The minimum Gasteiger partial charge on any atom is -0.372 e. The second-order valence-corrected chi connectivity index (χ2v) is 5.37. The Hall–Kier alpha value is -2.04. The standard InChI is InChI=1S/C15H19N3O2/c1-11-15(20)16-10-14(19)18(11)13-6-4-12(5-7-13)17-8-2-3-9-17/h4-7,11H,2-3,8-10H2,1H3,(H,16,20). The molecular weight excluding hydrogens is 254 g/mol. The summed E-state index contributed by atoms with van der Waals surface area (Å²) in [5, 5.41) is 2.60. The average molecular weight is 273 g/mol. The van der Waals surface area contributed by atoms with Crippen LogP contribution in [0.3, 0.4) is 0 Å². The Morgan fingerprint density at radius 3 is 2.30 bits per heavy atom. The first-order valence-corrected chi connectivity index (χ1v) is 7.11. The third-order valence-electron chi connectivity index (χ3n) is 4.05. The Kier molecular flexibility index (Phi) is 3.34. The molecule has 2 aliphatic heterocycles. The quantitative estimate of drug-likeness (QED) is 0.879. The zero-order valence-corrected chi connectivity index (χ0v) is 11.6. The number of carbonyl (C=O) groups is 2. The summed E-state index contributed by atoms with van der Waals surface area (Å²) >= 11 is 0. The van der Waals surface area contributed by atoms with Gasteiger partial charge in [-0.05, 0) is 44.0 Å². The summed E-state index contributed by atoms with van der Waals surface area (Å²) in [7, 11) is 0. The number of anilines is 2. The van der Waals surface area contributed by atoms with Gasteiger partial charge in [0.25, 0.3) is 0 Å². The Bertz CT molecular complexity index is 520. The van der Waals surface area contributed by atoms with Crippen molar-refractivity contribution < 1.29 is 9.59 Å². The van der Waals surface area contributed by atoms with Gasteiger partial charge in [-0.25, -0.2) is 0 Å². The van der Waals surface area contributed by atoms with Crippen LogP contribution < -0.4 is 15.1 Å². The Balaban J connectivity index is 1.82. The minimum absolute atomic E-state index is 0.0639. The van der Waals surface area contributed by atoms with Crippen LogP contribution >= 0.6 is 0 Å². The molecule has 2 amide bonds. The summed E-state index contributed by atoms with van der Waals surface area (Å²) < 4.78 is 0. The van der Waals surface area contributed by atoms with Crippen molar-refractivity contribution in [3.63, 3.8) is 0 Å². The molecule has 5 heteroatoms. The molecule has 1 unspecified atom stereocenters. The van der Waals surface area contributed by atoms with Crippen LogP contribution in [0, 0.1) is 0 Å². The van der Waals surface area contributed by atoms with Crippen molar-refractivity contribution >= 4 is 23.2 Å². The van der Waals surface area contributed by atoms with Crippen LogP contribution in [-0.4, -0.2) is 37.5 Å². The highest BCUT2D eigenvalue weighted by molar-refractivity contribution is 6.06. The molecule has 1 N–H and O–H groups in total. The maximum Gasteiger partial charge on any atom is 0.247 e. The molecule has 0 aliphatic carbocycles. The van der Waals surface area contributed by atoms with Gasteiger partial charge in [-0.1, -0.05) is 0 Å². The van der Waals surface area contributed by atoms with Crippen LogP contribution in [0.25, 0.3) is 0 Å². The van der Waals surface area contributed by atoms with Crippen molar-refractivity contribution in [1.29, 1.82) is 0 Å². The second-order valence-electron chi connectivity index (χ2n) is 5.37. The third kappa shape index (κ3) is 2.24. The summed E-state index contributed by atoms with van der Waals surface area (Å²) in [5.74, 6) is -0.167. The molecule has 2 aliphatic rings. The summed E-state index contributed by atoms with van der Waals surface area (Å²) in [6.07, 6.45) is 2.48. The number of piperazine rings is 1. The van der Waals surface area contributed by atoms with E-state index in [2.05, 4.69) is 10.2 Å². The van der Waals surface area contributed by atoms with Crippen LogP contribution in [-0.2, 0) is 9.59 Å². The molecule has 3 rings (SSSR count). The van der Waals surface area contributed by atoms with Gasteiger partial charge in [0.15, 0.2) is 0 Å². The smallest absolute Gasteiger partial charge is 0.247 e. The number of carbonyl (C=O) groups excluding carboxylic acids is 2. The number of nitrogens with one attached hydrogen (secondary N) is 1. The topological polar surface area (TPSA) is 52.7 Å². The minimum atomic E-state index is -0.450. The monoisotopic (exact) mass is 273 g/mol. The van der Waals surface area contributed by atoms with Crippen LogP contribution in [0.4, 0.5) is 11.4 Å². The summed E-state index contributed by atoms with van der Waals surface area (Å²) in [4.78, 5) is 27.6. The van der Waals surface area contributed by atoms with Crippen LogP contribution in [0.15, 0.2) is 24.3 Å². The van der Waals surface area contributed by atoms with Gasteiger partial charge in [0.05, 0.1) is 6.54 Å². The normalized spacial score (nSPS) is 23.1. The third-order valence-corrected chi connectivity index (χ3v) is 4.05. The lowest BCUT2D eigenvalue weighted by Gasteiger charge is -2.33. The molecule has 0 aromatic heterocycles. The fourth-order valence-corrected chi connectivity index (χ4v) is 2.90. The first kappa shape index (κ1) is 13.0. The molecule has 1 aromatic carbocycles. The summed E-state index contributed by atoms with van der Waals surface area (Å²) in [5.41, 5.74) is 1.98. The molecule has 20 heavy (non-hydrogen) atoms. The Labute approximate surface area is 118 Å². The van der Waals surface area contributed by atoms with E-state index in [0.29, 0.717) is 0 Å². The van der Waals surface area contributed by atoms with Gasteiger partial charge in [0.2, 0.25) is 11.8 Å². The van der Waals surface area contributed by atoms with E-state index in [0.717, 1.165) is 18.8 Å². The van der Waals surface area contributed by atoms with E-state index in [1.54, 1.807) is 11.8 Å². The van der Waals surface area contributed by atoms with Crippen LogP contribution in [0.5, 0.6) is 0 Å². The highest BCUT2D eigenvalue weighted by Gasteiger charge is 2.32. The van der Waals surface area contributed by atoms with E-state index in [1.165, 1.54) is 18.5 Å². The van der Waals surface area contributed by atoms with Crippen molar-refractivity contribution in [2.45, 2.75) is 25.8 Å². The first-order valence-electron chi connectivity index (χ1n) is 7.11. The molecule has 0 spiro atoms. The maximum absolute atomic E-state index is 12.0. The fraction of sp³-hybridized carbons (Fsp3) is 0.467. The highest BCUT2D eigenvalue weighted by atomic mass is 16.2. The summed E-state index contributed by atoms with van der Waals surface area (Å²) in [6.45, 7) is 4.03. The molecule has 0 radical (unpaired) electrons. The number of rotatable bonds is 2. The number of benzene rings is 1. The predicted molar refractivity (Wildman–Crippen MR) is 77.8 cm³/mol. The highest BCUT2D eigenvalue weighted by Crippen LogP contribution is 2.25. The Morgan fingerprint density at radius 1 is 1.05 bits per heavy atom. The second kappa shape index (κ2) is 5.15. The Morgan fingerprint density at radius 2 is 1.65 bits per heavy atom. The predicted octanol–water partition coefficient (Wildman–Crippen LogP) is 1.14. The molecule has 0 saturated carbocycles. The van der Waals surface area contributed by atoms with Crippen molar-refractivity contribution in [2.24, 2.45) is 0 Å². The van der Waals surface area contributed by atoms with Crippen molar-refractivity contribution in [2.75, 3.05) is 29.4 Å². The van der Waals surface area contributed by atoms with E-state index >= 15 is 0 Å². The first-order chi connectivity index (χ1) is 9.66. The SMILES string of the molecule is CC1C(=O)NCC(=O)N1c1ccc(N2CCCC2)cc1. The molecule has 2 saturated heterocycles. The van der Waals surface area contributed by atoms with Crippen molar-refractivity contribution in [3.05, 3.63) is 24.3 Å². The molecule has 0 bridgehead atoms. The fourth-order valence-electron chi connectivity index (χ4n) is 2.90. The molecule has 5 nitrogen and oxygen atoms in total. The van der Waals surface area contributed by atoms with Gasteiger partial charge >= 0.3 is 0 Å². The van der Waals surface area contributed by atoms with E-state index in [1.807, 2.05) is 24.3 Å². The van der Waals surface area contributed by atoms with E-state index in [9.17, 15) is 9.59 Å².